The lowest BCUT2D eigenvalue weighted by Crippen LogP contribution is -2.06. The Kier molecular flexibility index (Phi) is 3.35. The molecule has 2 aromatic rings. The molecular weight excluding hydrogens is 304 g/mol. The topological polar surface area (TPSA) is 55.1 Å². The minimum Gasteiger partial charge on any atom is -0.481 e. The Morgan fingerprint density at radius 3 is 2.88 bits per heavy atom. The summed E-state index contributed by atoms with van der Waals surface area (Å²) < 4.78 is 2.66. The average molecular weight is 315 g/mol. The Morgan fingerprint density at radius 1 is 1.65 bits per heavy atom. The third-order valence-electron chi connectivity index (χ3n) is 2.55. The van der Waals surface area contributed by atoms with E-state index in [0.29, 0.717) is 0 Å². The molecule has 6 heteroatoms. The molecule has 0 unspecified atom stereocenters. The lowest BCUT2D eigenvalue weighted by Gasteiger charge is -1.98. The maximum absolute atomic E-state index is 10.8. The number of thiophene rings is 1. The third kappa shape index (κ3) is 2.42. The molecule has 0 atom stereocenters. The Balaban J connectivity index is 2.47. The van der Waals surface area contributed by atoms with Crippen molar-refractivity contribution in [2.24, 2.45) is 7.05 Å². The molecule has 0 fully saturated rings. The highest BCUT2D eigenvalue weighted by Crippen LogP contribution is 2.32. The molecular formula is C11H11BrN2O2S. The number of rotatable bonds is 3. The van der Waals surface area contributed by atoms with Crippen LogP contribution < -0.4 is 0 Å². The van der Waals surface area contributed by atoms with Crippen LogP contribution in [-0.4, -0.2) is 20.9 Å². The number of carboxylic acids is 1. The first-order chi connectivity index (χ1) is 7.99. The predicted octanol–water partition coefficient (Wildman–Crippen LogP) is 2.85. The SMILES string of the molecule is Cc1c(-c2cc(Br)cs2)nn(C)c1CC(=O)O. The van der Waals surface area contributed by atoms with Crippen molar-refractivity contribution in [1.29, 1.82) is 0 Å². The molecule has 0 radical (unpaired) electrons. The summed E-state index contributed by atoms with van der Waals surface area (Å²) in [5, 5.41) is 15.2. The average Bonchev–Trinajstić information content (AvgIpc) is 2.76. The van der Waals surface area contributed by atoms with Crippen molar-refractivity contribution >= 4 is 33.2 Å². The van der Waals surface area contributed by atoms with Gasteiger partial charge in [0.05, 0.1) is 17.0 Å². The smallest absolute Gasteiger partial charge is 0.309 e. The summed E-state index contributed by atoms with van der Waals surface area (Å²) in [6.45, 7) is 1.91. The van der Waals surface area contributed by atoms with E-state index in [9.17, 15) is 4.79 Å². The number of carboxylic acid groups (broad SMARTS) is 1. The van der Waals surface area contributed by atoms with Crippen LogP contribution in [0.25, 0.3) is 10.6 Å². The summed E-state index contributed by atoms with van der Waals surface area (Å²) >= 11 is 4.99. The van der Waals surface area contributed by atoms with E-state index in [-0.39, 0.29) is 6.42 Å². The number of hydrogen-bond acceptors (Lipinski definition) is 3. The Labute approximate surface area is 111 Å². The third-order valence-corrected chi connectivity index (χ3v) is 4.25. The first kappa shape index (κ1) is 12.3. The van der Waals surface area contributed by atoms with Gasteiger partial charge in [0, 0.05) is 16.9 Å². The number of aliphatic carboxylic acids is 1. The first-order valence-corrected chi connectivity index (χ1v) is 6.65. The van der Waals surface area contributed by atoms with Crippen molar-refractivity contribution in [3.8, 4) is 10.6 Å². The van der Waals surface area contributed by atoms with Crippen LogP contribution in [0.3, 0.4) is 0 Å². The molecule has 4 nitrogen and oxygen atoms in total. The molecule has 0 aliphatic carbocycles. The fourth-order valence-corrected chi connectivity index (χ4v) is 3.20. The van der Waals surface area contributed by atoms with Gasteiger partial charge in [-0.1, -0.05) is 0 Å². The number of aryl methyl sites for hydroxylation is 1. The molecule has 0 saturated heterocycles. The molecule has 17 heavy (non-hydrogen) atoms. The lowest BCUT2D eigenvalue weighted by atomic mass is 10.1. The van der Waals surface area contributed by atoms with Gasteiger partial charge in [0.2, 0.25) is 0 Å². The van der Waals surface area contributed by atoms with Gasteiger partial charge >= 0.3 is 5.97 Å². The first-order valence-electron chi connectivity index (χ1n) is 4.97. The number of nitrogens with zero attached hydrogens (tertiary/aromatic N) is 2. The van der Waals surface area contributed by atoms with E-state index < -0.39 is 5.97 Å². The van der Waals surface area contributed by atoms with Crippen molar-refractivity contribution in [1.82, 2.24) is 9.78 Å². The van der Waals surface area contributed by atoms with Crippen molar-refractivity contribution in [2.75, 3.05) is 0 Å². The van der Waals surface area contributed by atoms with Gasteiger partial charge in [-0.3, -0.25) is 9.48 Å². The van der Waals surface area contributed by atoms with Crippen LogP contribution in [0, 0.1) is 6.92 Å². The van der Waals surface area contributed by atoms with Gasteiger partial charge < -0.3 is 5.11 Å². The van der Waals surface area contributed by atoms with Gasteiger partial charge in [-0.05, 0) is 34.5 Å². The highest BCUT2D eigenvalue weighted by atomic mass is 79.9. The van der Waals surface area contributed by atoms with E-state index in [1.165, 1.54) is 0 Å². The monoisotopic (exact) mass is 314 g/mol. The number of halogens is 1. The zero-order chi connectivity index (χ0) is 12.6. The van der Waals surface area contributed by atoms with E-state index in [4.69, 9.17) is 5.11 Å². The minimum absolute atomic E-state index is 0.00186. The van der Waals surface area contributed by atoms with Crippen LogP contribution in [0.2, 0.25) is 0 Å². The fraction of sp³-hybridized carbons (Fsp3) is 0.273. The molecule has 1 N–H and O–H groups in total. The van der Waals surface area contributed by atoms with Crippen LogP contribution in [0.1, 0.15) is 11.3 Å². The molecule has 0 bridgehead atoms. The van der Waals surface area contributed by atoms with Gasteiger partial charge in [-0.15, -0.1) is 11.3 Å². The van der Waals surface area contributed by atoms with Crippen molar-refractivity contribution in [2.45, 2.75) is 13.3 Å². The zero-order valence-corrected chi connectivity index (χ0v) is 11.8. The number of hydrogen-bond donors (Lipinski definition) is 1. The quantitative estimate of drug-likeness (QED) is 0.947. The summed E-state index contributed by atoms with van der Waals surface area (Å²) in [5.41, 5.74) is 2.54. The fourth-order valence-electron chi connectivity index (χ4n) is 1.73. The molecule has 0 spiro atoms. The number of aromatic nitrogens is 2. The number of carbonyl (C=O) groups is 1. The van der Waals surface area contributed by atoms with Crippen LogP contribution in [0.4, 0.5) is 0 Å². The molecule has 0 aliphatic rings. The van der Waals surface area contributed by atoms with E-state index in [0.717, 1.165) is 26.3 Å². The van der Waals surface area contributed by atoms with Gasteiger partial charge in [0.1, 0.15) is 5.69 Å². The Bertz CT molecular complexity index is 574. The summed E-state index contributed by atoms with van der Waals surface area (Å²) in [6, 6.07) is 1.99. The summed E-state index contributed by atoms with van der Waals surface area (Å²) in [6.07, 6.45) is 0.00186. The minimum atomic E-state index is -0.838. The molecule has 90 valence electrons. The molecule has 0 aromatic carbocycles. The maximum Gasteiger partial charge on any atom is 0.309 e. The highest BCUT2D eigenvalue weighted by Gasteiger charge is 2.17. The Morgan fingerprint density at radius 2 is 2.35 bits per heavy atom. The van der Waals surface area contributed by atoms with Crippen LogP contribution >= 0.6 is 27.3 Å². The molecule has 2 aromatic heterocycles. The van der Waals surface area contributed by atoms with Crippen LogP contribution in [0.15, 0.2) is 15.9 Å². The van der Waals surface area contributed by atoms with E-state index in [1.807, 2.05) is 18.4 Å². The van der Waals surface area contributed by atoms with E-state index in [2.05, 4.69) is 21.0 Å². The molecule has 0 saturated carbocycles. The second kappa shape index (κ2) is 4.62. The van der Waals surface area contributed by atoms with Gasteiger partial charge in [0.25, 0.3) is 0 Å². The molecule has 2 rings (SSSR count). The van der Waals surface area contributed by atoms with Crippen molar-refractivity contribution < 1.29 is 9.90 Å². The second-order valence-electron chi connectivity index (χ2n) is 3.74. The zero-order valence-electron chi connectivity index (χ0n) is 9.40. The summed E-state index contributed by atoms with van der Waals surface area (Å²) in [7, 11) is 1.78. The van der Waals surface area contributed by atoms with E-state index in [1.54, 1.807) is 23.1 Å². The normalized spacial score (nSPS) is 10.8. The summed E-state index contributed by atoms with van der Waals surface area (Å²) in [5.74, 6) is -0.838. The van der Waals surface area contributed by atoms with E-state index >= 15 is 0 Å². The van der Waals surface area contributed by atoms with Gasteiger partial charge in [-0.25, -0.2) is 0 Å². The van der Waals surface area contributed by atoms with Crippen molar-refractivity contribution in [3.63, 3.8) is 0 Å². The van der Waals surface area contributed by atoms with Crippen LogP contribution in [0.5, 0.6) is 0 Å². The molecule has 0 amide bonds. The van der Waals surface area contributed by atoms with Gasteiger partial charge in [-0.2, -0.15) is 5.10 Å². The molecule has 0 aliphatic heterocycles. The lowest BCUT2D eigenvalue weighted by molar-refractivity contribution is -0.136. The maximum atomic E-state index is 10.8. The van der Waals surface area contributed by atoms with Gasteiger partial charge in [0.15, 0.2) is 0 Å². The highest BCUT2D eigenvalue weighted by molar-refractivity contribution is 9.10. The predicted molar refractivity (Wildman–Crippen MR) is 70.3 cm³/mol. The van der Waals surface area contributed by atoms with Crippen LogP contribution in [-0.2, 0) is 18.3 Å². The molecule has 2 heterocycles. The Hall–Kier alpha value is -1.14. The standard InChI is InChI=1S/C11H11BrN2O2S/c1-6-8(4-10(15)16)14(2)13-11(6)9-3-7(12)5-17-9/h3,5H,4H2,1-2H3,(H,15,16). The van der Waals surface area contributed by atoms with Crippen molar-refractivity contribution in [3.05, 3.63) is 27.2 Å². The largest absolute Gasteiger partial charge is 0.481 e. The summed E-state index contributed by atoms with van der Waals surface area (Å²) in [4.78, 5) is 11.8. The second-order valence-corrected chi connectivity index (χ2v) is 5.57.